The highest BCUT2D eigenvalue weighted by Gasteiger charge is 2.19. The monoisotopic (exact) mass is 236 g/mol. The Kier molecular flexibility index (Phi) is 3.14. The summed E-state index contributed by atoms with van der Waals surface area (Å²) in [6.07, 6.45) is 1.62. The molecule has 0 aromatic carbocycles. The van der Waals surface area contributed by atoms with E-state index in [2.05, 4.69) is 9.88 Å². The maximum Gasteiger partial charge on any atom is 0.250 e. The molecule has 4 N–H and O–H groups in total. The van der Waals surface area contributed by atoms with Crippen LogP contribution in [0.4, 0.5) is 11.5 Å². The average Bonchev–Trinajstić information content (AvgIpc) is 2.29. The first-order chi connectivity index (χ1) is 8.08. The fourth-order valence-electron chi connectivity index (χ4n) is 1.87. The third-order valence-corrected chi connectivity index (χ3v) is 2.75. The molecule has 6 nitrogen and oxygen atoms in total. The van der Waals surface area contributed by atoms with Crippen LogP contribution < -0.4 is 16.4 Å². The summed E-state index contributed by atoms with van der Waals surface area (Å²) >= 11 is 0. The van der Waals surface area contributed by atoms with Crippen LogP contribution in [0, 0.1) is 0 Å². The molecule has 1 fully saturated rings. The second-order valence-corrected chi connectivity index (χ2v) is 4.12. The van der Waals surface area contributed by atoms with Crippen LogP contribution in [0.3, 0.4) is 0 Å². The molecule has 1 aliphatic rings. The molecule has 1 aromatic rings. The summed E-state index contributed by atoms with van der Waals surface area (Å²) in [6.45, 7) is 4.15. The summed E-state index contributed by atoms with van der Waals surface area (Å²) < 4.78 is 5.45. The summed E-state index contributed by atoms with van der Waals surface area (Å²) in [4.78, 5) is 17.5. The third-order valence-electron chi connectivity index (χ3n) is 2.75. The lowest BCUT2D eigenvalue weighted by Crippen LogP contribution is -2.41. The predicted octanol–water partition coefficient (Wildman–Crippen LogP) is -0.0122. The highest BCUT2D eigenvalue weighted by molar-refractivity contribution is 5.98. The number of nitrogen functional groups attached to an aromatic ring is 1. The number of aromatic nitrogens is 1. The van der Waals surface area contributed by atoms with Crippen molar-refractivity contribution >= 4 is 17.4 Å². The lowest BCUT2D eigenvalue weighted by molar-refractivity contribution is 0.0529. The Balaban J connectivity index is 2.26. The summed E-state index contributed by atoms with van der Waals surface area (Å²) in [5, 5.41) is 0. The molecule has 1 amide bonds. The second-order valence-electron chi connectivity index (χ2n) is 4.12. The van der Waals surface area contributed by atoms with Crippen molar-refractivity contribution in [1.29, 1.82) is 0 Å². The van der Waals surface area contributed by atoms with E-state index in [1.807, 2.05) is 6.92 Å². The standard InChI is InChI=1S/C11H16N4O2/c1-7-6-15(2-3-17-7)10-4-8(11(13)16)9(12)5-14-10/h4-5,7H,2-3,6,12H2,1H3,(H2,13,16). The van der Waals surface area contributed by atoms with Crippen molar-refractivity contribution in [2.45, 2.75) is 13.0 Å². The molecule has 1 atom stereocenters. The number of ether oxygens (including phenoxy) is 1. The quantitative estimate of drug-likeness (QED) is 0.753. The van der Waals surface area contributed by atoms with Crippen molar-refractivity contribution in [1.82, 2.24) is 4.98 Å². The number of carbonyl (C=O) groups is 1. The van der Waals surface area contributed by atoms with Crippen molar-refractivity contribution in [2.24, 2.45) is 5.73 Å². The Hall–Kier alpha value is -1.82. The van der Waals surface area contributed by atoms with E-state index in [-0.39, 0.29) is 6.10 Å². The molecule has 1 aliphatic heterocycles. The van der Waals surface area contributed by atoms with Gasteiger partial charge in [0.1, 0.15) is 5.82 Å². The van der Waals surface area contributed by atoms with Gasteiger partial charge in [-0.25, -0.2) is 4.98 Å². The first-order valence-corrected chi connectivity index (χ1v) is 5.50. The number of hydrogen-bond donors (Lipinski definition) is 2. The van der Waals surface area contributed by atoms with Gasteiger partial charge < -0.3 is 21.1 Å². The molecule has 0 spiro atoms. The van der Waals surface area contributed by atoms with Gasteiger partial charge >= 0.3 is 0 Å². The first kappa shape index (κ1) is 11.7. The maximum atomic E-state index is 11.2. The van der Waals surface area contributed by atoms with Crippen molar-refractivity contribution < 1.29 is 9.53 Å². The van der Waals surface area contributed by atoms with Gasteiger partial charge in [0, 0.05) is 13.1 Å². The number of rotatable bonds is 2. The maximum absolute atomic E-state index is 11.2. The van der Waals surface area contributed by atoms with Crippen molar-refractivity contribution in [3.8, 4) is 0 Å². The Bertz CT molecular complexity index is 435. The number of carbonyl (C=O) groups excluding carboxylic acids is 1. The van der Waals surface area contributed by atoms with Gasteiger partial charge in [0.2, 0.25) is 0 Å². The number of primary amides is 1. The smallest absolute Gasteiger partial charge is 0.250 e. The van der Waals surface area contributed by atoms with Gasteiger partial charge in [0.15, 0.2) is 0 Å². The topological polar surface area (TPSA) is 94.5 Å². The van der Waals surface area contributed by atoms with Crippen molar-refractivity contribution in [3.63, 3.8) is 0 Å². The van der Waals surface area contributed by atoms with Gasteiger partial charge in [-0.3, -0.25) is 4.79 Å². The molecule has 0 bridgehead atoms. The Morgan fingerprint density at radius 3 is 3.06 bits per heavy atom. The van der Waals surface area contributed by atoms with Gasteiger partial charge in [-0.1, -0.05) is 0 Å². The van der Waals surface area contributed by atoms with E-state index in [1.165, 1.54) is 6.20 Å². The fraction of sp³-hybridized carbons (Fsp3) is 0.455. The minimum Gasteiger partial charge on any atom is -0.397 e. The van der Waals surface area contributed by atoms with Crippen LogP contribution >= 0.6 is 0 Å². The number of hydrogen-bond acceptors (Lipinski definition) is 5. The average molecular weight is 236 g/mol. The molecule has 0 aliphatic carbocycles. The zero-order valence-electron chi connectivity index (χ0n) is 9.72. The molecule has 1 saturated heterocycles. The van der Waals surface area contributed by atoms with E-state index in [0.29, 0.717) is 23.7 Å². The molecule has 0 radical (unpaired) electrons. The minimum absolute atomic E-state index is 0.153. The van der Waals surface area contributed by atoms with Gasteiger partial charge in [0.25, 0.3) is 5.91 Å². The fourth-order valence-corrected chi connectivity index (χ4v) is 1.87. The summed E-state index contributed by atoms with van der Waals surface area (Å²) in [6, 6.07) is 1.63. The van der Waals surface area contributed by atoms with E-state index in [0.717, 1.165) is 13.1 Å². The summed E-state index contributed by atoms with van der Waals surface area (Å²) in [5.41, 5.74) is 11.5. The van der Waals surface area contributed by atoms with Crippen LogP contribution in [0.25, 0.3) is 0 Å². The Labute approximate surface area is 99.5 Å². The van der Waals surface area contributed by atoms with Crippen molar-refractivity contribution in [2.75, 3.05) is 30.3 Å². The largest absolute Gasteiger partial charge is 0.397 e. The van der Waals surface area contributed by atoms with Crippen LogP contribution in [0.5, 0.6) is 0 Å². The molecule has 17 heavy (non-hydrogen) atoms. The van der Waals surface area contributed by atoms with Gasteiger partial charge in [-0.05, 0) is 13.0 Å². The van der Waals surface area contributed by atoms with Crippen LogP contribution in [0.2, 0.25) is 0 Å². The van der Waals surface area contributed by atoms with Crippen LogP contribution in [-0.2, 0) is 4.74 Å². The molecule has 6 heteroatoms. The van der Waals surface area contributed by atoms with Gasteiger partial charge in [-0.2, -0.15) is 0 Å². The zero-order valence-corrected chi connectivity index (χ0v) is 9.72. The van der Waals surface area contributed by atoms with Gasteiger partial charge in [-0.15, -0.1) is 0 Å². The molecule has 92 valence electrons. The molecule has 2 heterocycles. The molecule has 1 unspecified atom stereocenters. The molecular weight excluding hydrogens is 220 g/mol. The van der Waals surface area contributed by atoms with E-state index >= 15 is 0 Å². The third kappa shape index (κ3) is 2.47. The number of nitrogens with zero attached hydrogens (tertiary/aromatic N) is 2. The molecule has 1 aromatic heterocycles. The van der Waals surface area contributed by atoms with Gasteiger partial charge in [0.05, 0.1) is 30.2 Å². The number of morpholine rings is 1. The van der Waals surface area contributed by atoms with Crippen LogP contribution in [0.15, 0.2) is 12.3 Å². The van der Waals surface area contributed by atoms with Crippen LogP contribution in [0.1, 0.15) is 17.3 Å². The Morgan fingerprint density at radius 1 is 1.65 bits per heavy atom. The van der Waals surface area contributed by atoms with Crippen LogP contribution in [-0.4, -0.2) is 36.7 Å². The number of pyridine rings is 1. The number of amides is 1. The predicted molar refractivity (Wildman–Crippen MR) is 64.8 cm³/mol. The van der Waals surface area contributed by atoms with E-state index in [4.69, 9.17) is 16.2 Å². The van der Waals surface area contributed by atoms with E-state index in [1.54, 1.807) is 6.07 Å². The van der Waals surface area contributed by atoms with E-state index < -0.39 is 5.91 Å². The molecule has 2 rings (SSSR count). The normalized spacial score (nSPS) is 20.3. The van der Waals surface area contributed by atoms with E-state index in [9.17, 15) is 4.79 Å². The number of anilines is 2. The molecular formula is C11H16N4O2. The SMILES string of the molecule is CC1CN(c2cc(C(N)=O)c(N)cn2)CCO1. The molecule has 0 saturated carbocycles. The lowest BCUT2D eigenvalue weighted by atomic mass is 10.2. The lowest BCUT2D eigenvalue weighted by Gasteiger charge is -2.32. The van der Waals surface area contributed by atoms with Crippen molar-refractivity contribution in [3.05, 3.63) is 17.8 Å². The highest BCUT2D eigenvalue weighted by Crippen LogP contribution is 2.19. The number of nitrogens with two attached hydrogens (primary N) is 2. The summed E-state index contributed by atoms with van der Waals surface area (Å²) in [5.74, 6) is 0.176. The Morgan fingerprint density at radius 2 is 2.41 bits per heavy atom. The second kappa shape index (κ2) is 4.58. The zero-order chi connectivity index (χ0) is 12.4. The summed E-state index contributed by atoms with van der Waals surface area (Å²) in [7, 11) is 0. The first-order valence-electron chi connectivity index (χ1n) is 5.50. The highest BCUT2D eigenvalue weighted by atomic mass is 16.5. The minimum atomic E-state index is -0.535.